The smallest absolute Gasteiger partial charge is 0.266 e. The van der Waals surface area contributed by atoms with Crippen LogP contribution in [0.2, 0.25) is 0 Å². The van der Waals surface area contributed by atoms with Crippen molar-refractivity contribution in [2.45, 2.75) is 18.4 Å². The molecule has 32 heavy (non-hydrogen) atoms. The summed E-state index contributed by atoms with van der Waals surface area (Å²) in [5.41, 5.74) is 1.08. The van der Waals surface area contributed by atoms with Crippen molar-refractivity contribution in [3.63, 3.8) is 0 Å². The van der Waals surface area contributed by atoms with Crippen molar-refractivity contribution in [1.82, 2.24) is 14.5 Å². The van der Waals surface area contributed by atoms with E-state index in [4.69, 9.17) is 14.2 Å². The van der Waals surface area contributed by atoms with Gasteiger partial charge < -0.3 is 14.2 Å². The second kappa shape index (κ2) is 10.3. The van der Waals surface area contributed by atoms with Crippen LogP contribution in [-0.4, -0.2) is 45.6 Å². The highest BCUT2D eigenvalue weighted by Gasteiger charge is 2.17. The number of hydrogen-bond acceptors (Lipinski definition) is 7. The van der Waals surface area contributed by atoms with Crippen LogP contribution in [0.25, 0.3) is 11.3 Å². The monoisotopic (exact) mass is 459 g/mol. The predicted molar refractivity (Wildman–Crippen MR) is 120 cm³/mol. The molecule has 0 saturated heterocycles. The topological polar surface area (TPSA) is 109 Å². The van der Waals surface area contributed by atoms with Crippen LogP contribution in [0, 0.1) is 0 Å². The Morgan fingerprint density at radius 3 is 2.34 bits per heavy atom. The standard InChI is InChI=1S/C22H25N3O6S/c1-4-31-17-7-5-16(6-8-17)19-10-12-22(26)25(24-19)14-13-23-32(27,28)18-9-11-20(29-2)21(15-18)30-3/h5-12,15,23H,4,13-14H2,1-3H3. The maximum atomic E-state index is 12.6. The van der Waals surface area contributed by atoms with Gasteiger partial charge in [-0.05, 0) is 49.4 Å². The van der Waals surface area contributed by atoms with Crippen LogP contribution in [0.3, 0.4) is 0 Å². The molecule has 0 aliphatic carbocycles. The Bertz CT molecular complexity index is 1220. The number of methoxy groups -OCH3 is 2. The van der Waals surface area contributed by atoms with E-state index in [0.717, 1.165) is 11.3 Å². The summed E-state index contributed by atoms with van der Waals surface area (Å²) in [6.45, 7) is 2.53. The molecule has 3 rings (SSSR count). The van der Waals surface area contributed by atoms with Crippen molar-refractivity contribution in [3.05, 3.63) is 65.0 Å². The van der Waals surface area contributed by atoms with Gasteiger partial charge in [-0.2, -0.15) is 5.10 Å². The molecule has 3 aromatic rings. The van der Waals surface area contributed by atoms with E-state index < -0.39 is 10.0 Å². The van der Waals surface area contributed by atoms with Gasteiger partial charge in [0.15, 0.2) is 11.5 Å². The summed E-state index contributed by atoms with van der Waals surface area (Å²) in [4.78, 5) is 12.2. The van der Waals surface area contributed by atoms with Gasteiger partial charge in [0.1, 0.15) is 5.75 Å². The summed E-state index contributed by atoms with van der Waals surface area (Å²) in [6.07, 6.45) is 0. The largest absolute Gasteiger partial charge is 0.494 e. The van der Waals surface area contributed by atoms with Crippen LogP contribution in [0.15, 0.2) is 64.3 Å². The number of aromatic nitrogens is 2. The van der Waals surface area contributed by atoms with Gasteiger partial charge in [-0.3, -0.25) is 4.79 Å². The van der Waals surface area contributed by atoms with E-state index >= 15 is 0 Å². The van der Waals surface area contributed by atoms with Gasteiger partial charge >= 0.3 is 0 Å². The molecule has 0 aliphatic rings. The third kappa shape index (κ3) is 5.45. The molecule has 170 valence electrons. The van der Waals surface area contributed by atoms with E-state index in [0.29, 0.717) is 23.8 Å². The van der Waals surface area contributed by atoms with Crippen LogP contribution in [0.5, 0.6) is 17.2 Å². The maximum Gasteiger partial charge on any atom is 0.266 e. The fraction of sp³-hybridized carbons (Fsp3) is 0.273. The minimum absolute atomic E-state index is 0.0175. The van der Waals surface area contributed by atoms with Crippen molar-refractivity contribution in [1.29, 1.82) is 0 Å². The molecule has 0 fully saturated rings. The molecule has 0 radical (unpaired) electrons. The van der Waals surface area contributed by atoms with E-state index in [1.807, 2.05) is 31.2 Å². The minimum atomic E-state index is -3.82. The Morgan fingerprint density at radius 1 is 0.969 bits per heavy atom. The third-order valence-corrected chi connectivity index (χ3v) is 6.07. The zero-order valence-electron chi connectivity index (χ0n) is 18.1. The number of sulfonamides is 1. The Morgan fingerprint density at radius 2 is 1.69 bits per heavy atom. The van der Waals surface area contributed by atoms with Gasteiger partial charge in [-0.25, -0.2) is 17.8 Å². The van der Waals surface area contributed by atoms with Crippen LogP contribution in [-0.2, 0) is 16.6 Å². The Kier molecular flexibility index (Phi) is 7.49. The van der Waals surface area contributed by atoms with E-state index in [1.165, 1.54) is 43.2 Å². The molecule has 1 heterocycles. The van der Waals surface area contributed by atoms with Crippen molar-refractivity contribution >= 4 is 10.0 Å². The van der Waals surface area contributed by atoms with Gasteiger partial charge in [0.2, 0.25) is 10.0 Å². The lowest BCUT2D eigenvalue weighted by atomic mass is 10.1. The average Bonchev–Trinajstić information content (AvgIpc) is 2.80. The first kappa shape index (κ1) is 23.3. The second-order valence-corrected chi connectivity index (χ2v) is 8.42. The molecule has 0 amide bonds. The summed E-state index contributed by atoms with van der Waals surface area (Å²) in [5.74, 6) is 1.47. The second-order valence-electron chi connectivity index (χ2n) is 6.65. The quantitative estimate of drug-likeness (QED) is 0.496. The summed E-state index contributed by atoms with van der Waals surface area (Å²) < 4.78 is 44.7. The lowest BCUT2D eigenvalue weighted by molar-refractivity contribution is 0.340. The van der Waals surface area contributed by atoms with Gasteiger partial charge in [-0.15, -0.1) is 0 Å². The van der Waals surface area contributed by atoms with Crippen molar-refractivity contribution in [2.24, 2.45) is 0 Å². The predicted octanol–water partition coefficient (Wildman–Crippen LogP) is 2.30. The van der Waals surface area contributed by atoms with E-state index in [1.54, 1.807) is 6.07 Å². The first-order valence-corrected chi connectivity index (χ1v) is 11.4. The number of ether oxygens (including phenoxy) is 3. The van der Waals surface area contributed by atoms with Crippen molar-refractivity contribution in [3.8, 4) is 28.5 Å². The molecule has 1 N–H and O–H groups in total. The molecular formula is C22H25N3O6S. The number of nitrogens with one attached hydrogen (secondary N) is 1. The maximum absolute atomic E-state index is 12.6. The lowest BCUT2D eigenvalue weighted by Crippen LogP contribution is -2.32. The number of hydrogen-bond donors (Lipinski definition) is 1. The van der Waals surface area contributed by atoms with Crippen LogP contribution >= 0.6 is 0 Å². The van der Waals surface area contributed by atoms with Gasteiger partial charge in [0.05, 0.1) is 38.0 Å². The molecule has 0 unspecified atom stereocenters. The normalized spacial score (nSPS) is 11.2. The van der Waals surface area contributed by atoms with Crippen molar-refractivity contribution in [2.75, 3.05) is 27.4 Å². The van der Waals surface area contributed by atoms with Crippen LogP contribution in [0.1, 0.15) is 6.92 Å². The Balaban J connectivity index is 1.71. The fourth-order valence-corrected chi connectivity index (χ4v) is 4.04. The van der Waals surface area contributed by atoms with Gasteiger partial charge in [-0.1, -0.05) is 0 Å². The fourth-order valence-electron chi connectivity index (χ4n) is 3.00. The average molecular weight is 460 g/mol. The molecule has 10 heteroatoms. The first-order valence-electron chi connectivity index (χ1n) is 9.91. The SMILES string of the molecule is CCOc1ccc(-c2ccc(=O)n(CCNS(=O)(=O)c3ccc(OC)c(OC)c3)n2)cc1. The van der Waals surface area contributed by atoms with Crippen LogP contribution in [0.4, 0.5) is 0 Å². The number of nitrogens with zero attached hydrogens (tertiary/aromatic N) is 2. The first-order chi connectivity index (χ1) is 15.4. The molecule has 1 aromatic heterocycles. The highest BCUT2D eigenvalue weighted by atomic mass is 32.2. The highest BCUT2D eigenvalue weighted by molar-refractivity contribution is 7.89. The zero-order chi connectivity index (χ0) is 23.1. The zero-order valence-corrected chi connectivity index (χ0v) is 18.9. The van der Waals surface area contributed by atoms with E-state index in [-0.39, 0.29) is 23.5 Å². The number of rotatable bonds is 10. The molecule has 9 nitrogen and oxygen atoms in total. The molecule has 0 spiro atoms. The molecule has 0 bridgehead atoms. The molecule has 2 aromatic carbocycles. The van der Waals surface area contributed by atoms with Gasteiger partial charge in [0, 0.05) is 24.2 Å². The van der Waals surface area contributed by atoms with Crippen LogP contribution < -0.4 is 24.5 Å². The summed E-state index contributed by atoms with van der Waals surface area (Å²) in [5, 5.41) is 4.35. The summed E-state index contributed by atoms with van der Waals surface area (Å²) >= 11 is 0. The third-order valence-electron chi connectivity index (χ3n) is 4.61. The lowest BCUT2D eigenvalue weighted by Gasteiger charge is -2.12. The molecule has 0 atom stereocenters. The van der Waals surface area contributed by atoms with E-state index in [2.05, 4.69) is 9.82 Å². The Hall–Kier alpha value is -3.37. The van der Waals surface area contributed by atoms with E-state index in [9.17, 15) is 13.2 Å². The van der Waals surface area contributed by atoms with Gasteiger partial charge in [0.25, 0.3) is 5.56 Å². The molecule has 0 aliphatic heterocycles. The number of benzene rings is 2. The Labute approximate surface area is 186 Å². The molecular weight excluding hydrogens is 434 g/mol. The molecule has 0 saturated carbocycles. The highest BCUT2D eigenvalue weighted by Crippen LogP contribution is 2.29. The summed E-state index contributed by atoms with van der Waals surface area (Å²) in [7, 11) is -0.920. The van der Waals surface area contributed by atoms with Crippen molar-refractivity contribution < 1.29 is 22.6 Å². The summed E-state index contributed by atoms with van der Waals surface area (Å²) in [6, 6.07) is 14.7. The minimum Gasteiger partial charge on any atom is -0.494 e.